The number of carbonyl (C=O) groups excluding carboxylic acids is 1. The number of pyridine rings is 1. The molecule has 7 nitrogen and oxygen atoms in total. The van der Waals surface area contributed by atoms with Crippen molar-refractivity contribution in [3.05, 3.63) is 65.2 Å². The SMILES string of the molecule is CCn1ccc(C(=O)N(Cc2ccccn2)c2nc3c(OC)ccc(Cl)c3s2)n1. The van der Waals surface area contributed by atoms with E-state index in [0.717, 1.165) is 10.4 Å². The first-order valence-electron chi connectivity index (χ1n) is 8.99. The van der Waals surface area contributed by atoms with Crippen molar-refractivity contribution in [3.63, 3.8) is 0 Å². The number of anilines is 1. The Labute approximate surface area is 176 Å². The van der Waals surface area contributed by atoms with E-state index in [1.54, 1.807) is 47.3 Å². The summed E-state index contributed by atoms with van der Waals surface area (Å²) < 4.78 is 7.89. The third kappa shape index (κ3) is 3.81. The van der Waals surface area contributed by atoms with E-state index in [4.69, 9.17) is 16.3 Å². The molecule has 0 aliphatic heterocycles. The molecule has 148 valence electrons. The second kappa shape index (κ2) is 8.18. The number of carbonyl (C=O) groups is 1. The zero-order valence-electron chi connectivity index (χ0n) is 15.9. The molecular weight excluding hydrogens is 410 g/mol. The second-order valence-electron chi connectivity index (χ2n) is 6.19. The number of fused-ring (bicyclic) bond motifs is 1. The summed E-state index contributed by atoms with van der Waals surface area (Å²) in [6.07, 6.45) is 3.48. The first-order chi connectivity index (χ1) is 14.1. The molecule has 29 heavy (non-hydrogen) atoms. The summed E-state index contributed by atoms with van der Waals surface area (Å²) in [4.78, 5) is 23.9. The third-order valence-corrected chi connectivity index (χ3v) is 5.91. The average Bonchev–Trinajstić information content (AvgIpc) is 3.40. The average molecular weight is 428 g/mol. The van der Waals surface area contributed by atoms with Crippen molar-refractivity contribution >= 4 is 44.2 Å². The van der Waals surface area contributed by atoms with Gasteiger partial charge in [0.15, 0.2) is 10.8 Å². The minimum atomic E-state index is -0.253. The number of aromatic nitrogens is 4. The zero-order chi connectivity index (χ0) is 20.4. The Balaban J connectivity index is 1.80. The number of hydrogen-bond acceptors (Lipinski definition) is 6. The van der Waals surface area contributed by atoms with E-state index in [1.165, 1.54) is 11.3 Å². The van der Waals surface area contributed by atoms with Crippen LogP contribution >= 0.6 is 22.9 Å². The van der Waals surface area contributed by atoms with E-state index < -0.39 is 0 Å². The van der Waals surface area contributed by atoms with Gasteiger partial charge in [0, 0.05) is 18.9 Å². The van der Waals surface area contributed by atoms with Crippen LogP contribution in [0, 0.1) is 0 Å². The molecule has 0 radical (unpaired) electrons. The Bertz CT molecular complexity index is 1160. The lowest BCUT2D eigenvalue weighted by Gasteiger charge is -2.18. The summed E-state index contributed by atoms with van der Waals surface area (Å²) in [7, 11) is 1.58. The number of aryl methyl sites for hydroxylation is 1. The topological polar surface area (TPSA) is 73.1 Å². The summed E-state index contributed by atoms with van der Waals surface area (Å²) in [6.45, 7) is 2.91. The molecule has 1 amide bonds. The molecule has 0 aliphatic rings. The van der Waals surface area contributed by atoms with Crippen LogP contribution in [-0.2, 0) is 13.1 Å². The van der Waals surface area contributed by atoms with Crippen LogP contribution in [0.25, 0.3) is 10.2 Å². The number of ether oxygens (including phenoxy) is 1. The predicted molar refractivity (Wildman–Crippen MR) is 114 cm³/mol. The van der Waals surface area contributed by atoms with Crippen molar-refractivity contribution in [3.8, 4) is 5.75 Å². The van der Waals surface area contributed by atoms with Crippen LogP contribution in [0.5, 0.6) is 5.75 Å². The summed E-state index contributed by atoms with van der Waals surface area (Å²) in [5.41, 5.74) is 1.71. The molecule has 0 spiro atoms. The number of benzene rings is 1. The molecule has 0 aliphatic carbocycles. The third-order valence-electron chi connectivity index (χ3n) is 4.37. The maximum absolute atomic E-state index is 13.3. The fourth-order valence-corrected chi connectivity index (χ4v) is 4.15. The molecule has 4 rings (SSSR count). The normalized spacial score (nSPS) is 11.0. The molecule has 3 aromatic heterocycles. The van der Waals surface area contributed by atoms with Crippen LogP contribution in [0.3, 0.4) is 0 Å². The fraction of sp³-hybridized carbons (Fsp3) is 0.200. The summed E-state index contributed by atoms with van der Waals surface area (Å²) in [6, 6.07) is 10.8. The van der Waals surface area contributed by atoms with E-state index in [0.29, 0.717) is 33.7 Å². The van der Waals surface area contributed by atoms with E-state index in [1.807, 2.05) is 25.1 Å². The first-order valence-corrected chi connectivity index (χ1v) is 10.2. The molecule has 3 heterocycles. The molecule has 0 fully saturated rings. The number of thiazole rings is 1. The summed E-state index contributed by atoms with van der Waals surface area (Å²) >= 11 is 7.70. The maximum atomic E-state index is 13.3. The molecular formula is C20H18ClN5O2S. The minimum absolute atomic E-state index is 0.253. The standard InChI is InChI=1S/C20H18ClN5O2S/c1-3-25-11-9-15(24-25)19(27)26(12-13-6-4-5-10-22-13)20-23-17-16(28-2)8-7-14(21)18(17)29-20/h4-11H,3,12H2,1-2H3. The minimum Gasteiger partial charge on any atom is -0.494 e. The van der Waals surface area contributed by atoms with Crippen LogP contribution in [-0.4, -0.2) is 32.8 Å². The Morgan fingerprint density at radius 3 is 2.83 bits per heavy atom. The van der Waals surface area contributed by atoms with Gasteiger partial charge in [0.25, 0.3) is 5.91 Å². The van der Waals surface area contributed by atoms with E-state index in [9.17, 15) is 4.79 Å². The molecule has 0 N–H and O–H groups in total. The van der Waals surface area contributed by atoms with E-state index in [-0.39, 0.29) is 12.5 Å². The molecule has 9 heteroatoms. The van der Waals surface area contributed by atoms with Gasteiger partial charge in [-0.2, -0.15) is 5.10 Å². The van der Waals surface area contributed by atoms with Crippen LogP contribution in [0.1, 0.15) is 23.1 Å². The Kier molecular flexibility index (Phi) is 5.46. The van der Waals surface area contributed by atoms with Crippen molar-refractivity contribution < 1.29 is 9.53 Å². The predicted octanol–water partition coefficient (Wildman–Crippen LogP) is 4.42. The van der Waals surface area contributed by atoms with Crippen LogP contribution in [0.4, 0.5) is 5.13 Å². The molecule has 0 saturated carbocycles. The fourth-order valence-electron chi connectivity index (χ4n) is 2.89. The number of rotatable bonds is 6. The van der Waals surface area contributed by atoms with E-state index in [2.05, 4.69) is 15.1 Å². The lowest BCUT2D eigenvalue weighted by atomic mass is 10.3. The van der Waals surface area contributed by atoms with E-state index >= 15 is 0 Å². The van der Waals surface area contributed by atoms with Gasteiger partial charge in [-0.3, -0.25) is 19.4 Å². The largest absolute Gasteiger partial charge is 0.494 e. The van der Waals surface area contributed by atoms with Gasteiger partial charge in [0.1, 0.15) is 11.3 Å². The monoisotopic (exact) mass is 427 g/mol. The maximum Gasteiger partial charge on any atom is 0.280 e. The van der Waals surface area contributed by atoms with Gasteiger partial charge >= 0.3 is 0 Å². The molecule has 1 aromatic carbocycles. The lowest BCUT2D eigenvalue weighted by molar-refractivity contribution is 0.0979. The Hall–Kier alpha value is -2.97. The van der Waals surface area contributed by atoms with Crippen molar-refractivity contribution in [2.45, 2.75) is 20.0 Å². The highest BCUT2D eigenvalue weighted by molar-refractivity contribution is 7.23. The van der Waals surface area contributed by atoms with Gasteiger partial charge in [-0.05, 0) is 37.3 Å². The number of halogens is 1. The van der Waals surface area contributed by atoms with Gasteiger partial charge in [-0.1, -0.05) is 29.0 Å². The van der Waals surface area contributed by atoms with Crippen molar-refractivity contribution in [1.29, 1.82) is 0 Å². The number of nitrogens with zero attached hydrogens (tertiary/aromatic N) is 5. The van der Waals surface area contributed by atoms with Crippen molar-refractivity contribution in [2.75, 3.05) is 12.0 Å². The lowest BCUT2D eigenvalue weighted by Crippen LogP contribution is -2.31. The van der Waals surface area contributed by atoms with Crippen LogP contribution < -0.4 is 9.64 Å². The molecule has 4 aromatic rings. The van der Waals surface area contributed by atoms with Gasteiger partial charge in [0.2, 0.25) is 0 Å². The summed E-state index contributed by atoms with van der Waals surface area (Å²) in [5.74, 6) is 0.351. The van der Waals surface area contributed by atoms with Crippen molar-refractivity contribution in [1.82, 2.24) is 19.7 Å². The zero-order valence-corrected chi connectivity index (χ0v) is 17.4. The number of methoxy groups -OCH3 is 1. The van der Waals surface area contributed by atoms with Crippen molar-refractivity contribution in [2.24, 2.45) is 0 Å². The first kappa shape index (κ1) is 19.4. The van der Waals surface area contributed by atoms with Gasteiger partial charge in [-0.25, -0.2) is 4.98 Å². The number of hydrogen-bond donors (Lipinski definition) is 0. The molecule has 0 bridgehead atoms. The van der Waals surface area contributed by atoms with Crippen LogP contribution in [0.15, 0.2) is 48.8 Å². The highest BCUT2D eigenvalue weighted by Crippen LogP contribution is 2.39. The highest BCUT2D eigenvalue weighted by Gasteiger charge is 2.25. The second-order valence-corrected chi connectivity index (χ2v) is 7.58. The van der Waals surface area contributed by atoms with Gasteiger partial charge in [-0.15, -0.1) is 0 Å². The smallest absolute Gasteiger partial charge is 0.280 e. The molecule has 0 atom stereocenters. The quantitative estimate of drug-likeness (QED) is 0.455. The number of amides is 1. The Morgan fingerprint density at radius 1 is 1.28 bits per heavy atom. The summed E-state index contributed by atoms with van der Waals surface area (Å²) in [5, 5.41) is 5.42. The molecule has 0 saturated heterocycles. The Morgan fingerprint density at radius 2 is 2.14 bits per heavy atom. The highest BCUT2D eigenvalue weighted by atomic mass is 35.5. The van der Waals surface area contributed by atoms with Gasteiger partial charge in [0.05, 0.1) is 29.1 Å². The van der Waals surface area contributed by atoms with Crippen LogP contribution in [0.2, 0.25) is 5.02 Å². The molecule has 0 unspecified atom stereocenters. The van der Waals surface area contributed by atoms with Gasteiger partial charge < -0.3 is 4.74 Å².